The van der Waals surface area contributed by atoms with Crippen LogP contribution in [0, 0.1) is 0 Å². The molecule has 2 aromatic heterocycles. The number of hydrogen-bond acceptors (Lipinski definition) is 5. The van der Waals surface area contributed by atoms with Gasteiger partial charge in [0.25, 0.3) is 0 Å². The third-order valence-corrected chi connectivity index (χ3v) is 3.01. The van der Waals surface area contributed by atoms with Crippen LogP contribution < -0.4 is 14.8 Å². The zero-order valence-corrected chi connectivity index (χ0v) is 12.0. The van der Waals surface area contributed by atoms with E-state index in [4.69, 9.17) is 9.47 Å². The Bertz CT molecular complexity index is 513. The number of methoxy groups -OCH3 is 2. The van der Waals surface area contributed by atoms with E-state index in [9.17, 15) is 0 Å². The lowest BCUT2D eigenvalue weighted by molar-refractivity contribution is 0.380. The second-order valence-electron chi connectivity index (χ2n) is 4.18. The summed E-state index contributed by atoms with van der Waals surface area (Å²) in [5.74, 6) is 1.33. The Morgan fingerprint density at radius 2 is 1.85 bits per heavy atom. The van der Waals surface area contributed by atoms with Crippen LogP contribution in [-0.2, 0) is 0 Å². The number of hydrogen-bond donors (Lipinski definition) is 1. The smallest absolute Gasteiger partial charge is 0.218 e. The zero-order chi connectivity index (χ0) is 14.4. The fraction of sp³-hybridized carbons (Fsp3) is 0.333. The first-order chi connectivity index (χ1) is 9.81. The lowest BCUT2D eigenvalue weighted by Crippen LogP contribution is -2.24. The molecule has 0 aromatic carbocycles. The molecule has 106 valence electrons. The molecule has 0 aliphatic heterocycles. The highest BCUT2D eigenvalue weighted by atomic mass is 16.5. The Kier molecular flexibility index (Phi) is 4.90. The van der Waals surface area contributed by atoms with Gasteiger partial charge in [-0.3, -0.25) is 4.98 Å². The third-order valence-electron chi connectivity index (χ3n) is 3.01. The largest absolute Gasteiger partial charge is 0.495 e. The second kappa shape index (κ2) is 6.86. The van der Waals surface area contributed by atoms with Gasteiger partial charge in [0.2, 0.25) is 5.88 Å². The van der Waals surface area contributed by atoms with E-state index < -0.39 is 0 Å². The molecule has 5 nitrogen and oxygen atoms in total. The summed E-state index contributed by atoms with van der Waals surface area (Å²) in [6, 6.07) is 7.49. The van der Waals surface area contributed by atoms with Gasteiger partial charge in [-0.1, -0.05) is 13.0 Å². The fourth-order valence-corrected chi connectivity index (χ4v) is 2.14. The minimum absolute atomic E-state index is 0.125. The molecule has 0 aliphatic carbocycles. The van der Waals surface area contributed by atoms with E-state index in [0.717, 1.165) is 23.6 Å². The van der Waals surface area contributed by atoms with E-state index in [1.165, 1.54) is 0 Å². The van der Waals surface area contributed by atoms with Gasteiger partial charge in [-0.05, 0) is 24.7 Å². The van der Waals surface area contributed by atoms with Crippen LogP contribution in [0.3, 0.4) is 0 Å². The normalized spacial score (nSPS) is 11.9. The van der Waals surface area contributed by atoms with Crippen LogP contribution >= 0.6 is 0 Å². The maximum absolute atomic E-state index is 5.40. The summed E-state index contributed by atoms with van der Waals surface area (Å²) in [7, 11) is 3.26. The van der Waals surface area contributed by atoms with Crippen LogP contribution in [0.1, 0.15) is 24.2 Å². The molecular formula is C15H19N3O2. The molecule has 1 unspecified atom stereocenters. The Balaban J connectivity index is 2.50. The molecule has 2 rings (SSSR count). The van der Waals surface area contributed by atoms with Crippen LogP contribution in [-0.4, -0.2) is 30.7 Å². The van der Waals surface area contributed by atoms with Crippen LogP contribution in [0.15, 0.2) is 36.7 Å². The molecule has 20 heavy (non-hydrogen) atoms. The van der Waals surface area contributed by atoms with Crippen LogP contribution in [0.5, 0.6) is 11.6 Å². The summed E-state index contributed by atoms with van der Waals surface area (Å²) in [6.45, 7) is 2.84. The summed E-state index contributed by atoms with van der Waals surface area (Å²) in [4.78, 5) is 8.70. The molecule has 0 saturated heterocycles. The van der Waals surface area contributed by atoms with Gasteiger partial charge in [0.1, 0.15) is 11.4 Å². The molecule has 0 fully saturated rings. The minimum Gasteiger partial charge on any atom is -0.495 e. The topological polar surface area (TPSA) is 56.3 Å². The molecule has 5 heteroatoms. The summed E-state index contributed by atoms with van der Waals surface area (Å²) in [5, 5.41) is 3.40. The summed E-state index contributed by atoms with van der Waals surface area (Å²) < 4.78 is 10.8. The number of rotatable bonds is 6. The molecule has 0 saturated carbocycles. The first kappa shape index (κ1) is 14.3. The van der Waals surface area contributed by atoms with Gasteiger partial charge in [0, 0.05) is 18.0 Å². The molecule has 0 amide bonds. The quantitative estimate of drug-likeness (QED) is 0.874. The van der Waals surface area contributed by atoms with Gasteiger partial charge in [0.15, 0.2) is 0 Å². The van der Waals surface area contributed by atoms with Crippen molar-refractivity contribution >= 4 is 0 Å². The highest BCUT2D eigenvalue weighted by Gasteiger charge is 2.22. The average molecular weight is 273 g/mol. The first-order valence-electron chi connectivity index (χ1n) is 6.53. The fourth-order valence-electron chi connectivity index (χ4n) is 2.14. The van der Waals surface area contributed by atoms with Crippen molar-refractivity contribution in [3.8, 4) is 11.6 Å². The number of nitrogens with zero attached hydrogens (tertiary/aromatic N) is 2. The van der Waals surface area contributed by atoms with E-state index in [0.29, 0.717) is 5.88 Å². The molecule has 1 N–H and O–H groups in total. The van der Waals surface area contributed by atoms with Crippen LogP contribution in [0.25, 0.3) is 0 Å². The van der Waals surface area contributed by atoms with E-state index in [1.807, 2.05) is 31.2 Å². The first-order valence-corrected chi connectivity index (χ1v) is 6.53. The van der Waals surface area contributed by atoms with E-state index >= 15 is 0 Å². The highest BCUT2D eigenvalue weighted by Crippen LogP contribution is 2.31. The molecule has 2 heterocycles. The third kappa shape index (κ3) is 2.88. The zero-order valence-electron chi connectivity index (χ0n) is 12.0. The number of aromatic nitrogens is 2. The van der Waals surface area contributed by atoms with Crippen molar-refractivity contribution in [2.24, 2.45) is 0 Å². The molecule has 0 spiro atoms. The van der Waals surface area contributed by atoms with Crippen molar-refractivity contribution in [3.05, 3.63) is 47.9 Å². The lowest BCUT2D eigenvalue weighted by atomic mass is 10.0. The number of ether oxygens (including phenoxy) is 2. The van der Waals surface area contributed by atoms with E-state index in [-0.39, 0.29) is 6.04 Å². The van der Waals surface area contributed by atoms with Crippen molar-refractivity contribution in [3.63, 3.8) is 0 Å². The summed E-state index contributed by atoms with van der Waals surface area (Å²) >= 11 is 0. The Labute approximate surface area is 119 Å². The maximum atomic E-state index is 5.40. The van der Waals surface area contributed by atoms with Crippen molar-refractivity contribution in [1.82, 2.24) is 15.3 Å². The van der Waals surface area contributed by atoms with Gasteiger partial charge < -0.3 is 14.8 Å². The molecule has 0 radical (unpaired) electrons. The predicted molar refractivity (Wildman–Crippen MR) is 77.1 cm³/mol. The van der Waals surface area contributed by atoms with Crippen molar-refractivity contribution in [2.45, 2.75) is 13.0 Å². The Morgan fingerprint density at radius 3 is 2.55 bits per heavy atom. The highest BCUT2D eigenvalue weighted by molar-refractivity contribution is 5.40. The summed E-state index contributed by atoms with van der Waals surface area (Å²) in [5.41, 5.74) is 1.76. The molecular weight excluding hydrogens is 254 g/mol. The lowest BCUT2D eigenvalue weighted by Gasteiger charge is -2.21. The van der Waals surface area contributed by atoms with Crippen molar-refractivity contribution in [1.29, 1.82) is 0 Å². The molecule has 2 aromatic rings. The van der Waals surface area contributed by atoms with Gasteiger partial charge >= 0.3 is 0 Å². The van der Waals surface area contributed by atoms with Gasteiger partial charge in [-0.25, -0.2) is 4.98 Å². The maximum Gasteiger partial charge on any atom is 0.218 e. The molecule has 0 aliphatic rings. The second-order valence-corrected chi connectivity index (χ2v) is 4.18. The minimum atomic E-state index is -0.125. The van der Waals surface area contributed by atoms with E-state index in [2.05, 4.69) is 15.3 Å². The van der Waals surface area contributed by atoms with E-state index in [1.54, 1.807) is 26.6 Å². The van der Waals surface area contributed by atoms with Crippen LogP contribution in [0.2, 0.25) is 0 Å². The van der Waals surface area contributed by atoms with Crippen LogP contribution in [0.4, 0.5) is 0 Å². The predicted octanol–water partition coefficient (Wildman–Crippen LogP) is 2.19. The summed E-state index contributed by atoms with van der Waals surface area (Å²) in [6.07, 6.45) is 3.46. The Morgan fingerprint density at radius 1 is 1.10 bits per heavy atom. The van der Waals surface area contributed by atoms with Gasteiger partial charge in [-0.2, -0.15) is 0 Å². The SMILES string of the molecule is CCNC(c1cccnc1OC)c1ncccc1OC. The standard InChI is InChI=1S/C15H19N3O2/c1-4-16-13(11-7-5-10-18-15(11)20-3)14-12(19-2)8-6-9-17-14/h5-10,13,16H,4H2,1-3H3. The monoisotopic (exact) mass is 273 g/mol. The van der Waals surface area contributed by atoms with Gasteiger partial charge in [-0.15, -0.1) is 0 Å². The molecule has 0 bridgehead atoms. The Hall–Kier alpha value is -2.14. The average Bonchev–Trinajstić information content (AvgIpc) is 2.52. The van der Waals surface area contributed by atoms with Crippen molar-refractivity contribution in [2.75, 3.05) is 20.8 Å². The molecule has 1 atom stereocenters. The van der Waals surface area contributed by atoms with Gasteiger partial charge in [0.05, 0.1) is 20.3 Å². The number of pyridine rings is 2. The van der Waals surface area contributed by atoms with Crippen molar-refractivity contribution < 1.29 is 9.47 Å². The number of nitrogens with one attached hydrogen (secondary N) is 1.